The van der Waals surface area contributed by atoms with Crippen LogP contribution in [-0.4, -0.2) is 35.6 Å². The monoisotopic (exact) mass is 487 g/mol. The molecule has 0 atom stereocenters. The van der Waals surface area contributed by atoms with E-state index in [0.29, 0.717) is 29.4 Å². The number of nitrogens with one attached hydrogen (secondary N) is 2. The summed E-state index contributed by atoms with van der Waals surface area (Å²) in [6, 6.07) is 9.72. The lowest BCUT2D eigenvalue weighted by molar-refractivity contribution is 0.102. The summed E-state index contributed by atoms with van der Waals surface area (Å²) in [5.74, 6) is 0.697. The Hall–Kier alpha value is -3.59. The molecule has 1 aromatic carbocycles. The van der Waals surface area contributed by atoms with Gasteiger partial charge in [-0.15, -0.1) is 10.2 Å². The number of aromatic nitrogens is 5. The van der Waals surface area contributed by atoms with Crippen LogP contribution < -0.4 is 10.6 Å². The molecule has 8 nitrogen and oxygen atoms in total. The van der Waals surface area contributed by atoms with Crippen LogP contribution in [0.3, 0.4) is 0 Å². The van der Waals surface area contributed by atoms with E-state index >= 15 is 0 Å². The maximum absolute atomic E-state index is 14.4. The number of fused-ring (bicyclic) bond motifs is 1. The Morgan fingerprint density at radius 2 is 2.06 bits per heavy atom. The lowest BCUT2D eigenvalue weighted by Gasteiger charge is -2.46. The average Bonchev–Trinajstić information content (AvgIpc) is 3.23. The minimum atomic E-state index is -0.495. The van der Waals surface area contributed by atoms with Gasteiger partial charge in [-0.05, 0) is 67.9 Å². The molecule has 0 radical (unpaired) electrons. The number of hydrogen-bond donors (Lipinski definition) is 2. The predicted molar refractivity (Wildman–Crippen MR) is 134 cm³/mol. The topological polar surface area (TPSA) is 89.1 Å². The molecule has 6 rings (SSSR count). The largest absolute Gasteiger partial charge is 0.322 e. The van der Waals surface area contributed by atoms with Gasteiger partial charge in [-0.25, -0.2) is 4.98 Å². The number of carbonyl (C=O) groups is 1. The van der Waals surface area contributed by atoms with E-state index in [4.69, 9.17) is 0 Å². The molecule has 0 aliphatic heterocycles. The van der Waals surface area contributed by atoms with E-state index in [1.807, 2.05) is 29.8 Å². The second kappa shape index (κ2) is 8.23. The van der Waals surface area contributed by atoms with E-state index in [9.17, 15) is 9.18 Å². The fourth-order valence-electron chi connectivity index (χ4n) is 5.55. The molecule has 2 N–H and O–H groups in total. The summed E-state index contributed by atoms with van der Waals surface area (Å²) in [7, 11) is 1.96. The smallest absolute Gasteiger partial charge is 0.259 e. The highest BCUT2D eigenvalue weighted by Gasteiger charge is 2.48. The van der Waals surface area contributed by atoms with Gasteiger partial charge in [0, 0.05) is 31.0 Å². The number of rotatable bonds is 7. The third-order valence-electron chi connectivity index (χ3n) is 7.79. The first-order valence-electron chi connectivity index (χ1n) is 12.4. The van der Waals surface area contributed by atoms with Gasteiger partial charge in [-0.3, -0.25) is 9.20 Å². The Morgan fingerprint density at radius 3 is 2.75 bits per heavy atom. The van der Waals surface area contributed by atoms with Crippen LogP contribution >= 0.6 is 0 Å². The standard InChI is InChI=1S/C27H30FN7O/c1-17-11-27(12-17,25-33-31-16-34(25)3)19-5-4-6-20(10-19)32-24(36)21-9-18(13-30-26(2)7-8-26)15-35-22(28)14-29-23(21)35/h4-6,9-10,14-17,30H,7-8,11-13H2,1-3H3,(H,32,36). The molecule has 186 valence electrons. The predicted octanol–water partition coefficient (Wildman–Crippen LogP) is 4.21. The zero-order valence-electron chi connectivity index (χ0n) is 20.8. The summed E-state index contributed by atoms with van der Waals surface area (Å²) >= 11 is 0. The van der Waals surface area contributed by atoms with E-state index in [2.05, 4.69) is 45.7 Å². The first kappa shape index (κ1) is 22.8. The van der Waals surface area contributed by atoms with E-state index < -0.39 is 5.95 Å². The van der Waals surface area contributed by atoms with Gasteiger partial charge in [-0.2, -0.15) is 4.39 Å². The van der Waals surface area contributed by atoms with Crippen LogP contribution in [0.1, 0.15) is 66.8 Å². The van der Waals surface area contributed by atoms with Gasteiger partial charge < -0.3 is 15.2 Å². The molecule has 1 amide bonds. The van der Waals surface area contributed by atoms with Gasteiger partial charge in [0.25, 0.3) is 5.91 Å². The molecule has 3 aromatic heterocycles. The van der Waals surface area contributed by atoms with Crippen molar-refractivity contribution >= 4 is 17.2 Å². The number of halogens is 1. The zero-order valence-corrected chi connectivity index (χ0v) is 20.8. The van der Waals surface area contributed by atoms with E-state index in [0.717, 1.165) is 48.8 Å². The van der Waals surface area contributed by atoms with Gasteiger partial charge in [0.15, 0.2) is 5.65 Å². The van der Waals surface area contributed by atoms with Crippen LogP contribution in [-0.2, 0) is 19.0 Å². The van der Waals surface area contributed by atoms with E-state index in [-0.39, 0.29) is 16.9 Å². The third kappa shape index (κ3) is 3.87. The van der Waals surface area contributed by atoms with Crippen LogP contribution in [0.25, 0.3) is 5.65 Å². The van der Waals surface area contributed by atoms with Crippen LogP contribution in [0.5, 0.6) is 0 Å². The fourth-order valence-corrected chi connectivity index (χ4v) is 5.55. The second-order valence-corrected chi connectivity index (χ2v) is 10.8. The number of hydrogen-bond acceptors (Lipinski definition) is 5. The van der Waals surface area contributed by atoms with Crippen molar-refractivity contribution in [2.75, 3.05) is 5.32 Å². The summed E-state index contributed by atoms with van der Waals surface area (Å²) in [6.07, 6.45) is 8.76. The van der Waals surface area contributed by atoms with Crippen LogP contribution in [0.4, 0.5) is 10.1 Å². The van der Waals surface area contributed by atoms with Crippen molar-refractivity contribution in [3.8, 4) is 0 Å². The highest BCUT2D eigenvalue weighted by Crippen LogP contribution is 2.51. The molecule has 3 heterocycles. The minimum absolute atomic E-state index is 0.128. The summed E-state index contributed by atoms with van der Waals surface area (Å²) in [5, 5.41) is 15.0. The van der Waals surface area contributed by atoms with Crippen molar-refractivity contribution in [3.05, 3.63) is 77.5 Å². The highest BCUT2D eigenvalue weighted by atomic mass is 19.1. The number of nitrogens with zero attached hydrogens (tertiary/aromatic N) is 5. The number of benzene rings is 1. The molecular formula is C27H30FN7O. The molecule has 2 fully saturated rings. The van der Waals surface area contributed by atoms with Crippen molar-refractivity contribution in [2.45, 2.75) is 57.0 Å². The molecule has 0 bridgehead atoms. The molecule has 0 saturated heterocycles. The van der Waals surface area contributed by atoms with Crippen molar-refractivity contribution in [2.24, 2.45) is 13.0 Å². The SMILES string of the molecule is CC1CC(c2cccc(NC(=O)c3cc(CNC4(C)CC4)cn4c(F)cnc34)c2)(c2nncn2C)C1. The summed E-state index contributed by atoms with van der Waals surface area (Å²) in [4.78, 5) is 17.6. The Bertz CT molecular complexity index is 1460. The van der Waals surface area contributed by atoms with Crippen molar-refractivity contribution in [1.29, 1.82) is 0 Å². The van der Waals surface area contributed by atoms with Crippen molar-refractivity contribution < 1.29 is 9.18 Å². The molecule has 2 aliphatic carbocycles. The van der Waals surface area contributed by atoms with Gasteiger partial charge in [0.05, 0.1) is 17.2 Å². The molecule has 36 heavy (non-hydrogen) atoms. The lowest BCUT2D eigenvalue weighted by atomic mass is 9.58. The number of amides is 1. The first-order chi connectivity index (χ1) is 17.3. The fraction of sp³-hybridized carbons (Fsp3) is 0.407. The summed E-state index contributed by atoms with van der Waals surface area (Å²) in [6.45, 7) is 4.96. The lowest BCUT2D eigenvalue weighted by Crippen LogP contribution is -2.43. The van der Waals surface area contributed by atoms with Crippen LogP contribution in [0.15, 0.2) is 49.1 Å². The number of imidazole rings is 1. The first-order valence-corrected chi connectivity index (χ1v) is 12.4. The van der Waals surface area contributed by atoms with Gasteiger partial charge in [-0.1, -0.05) is 19.1 Å². The third-order valence-corrected chi connectivity index (χ3v) is 7.79. The molecule has 0 unspecified atom stereocenters. The Morgan fingerprint density at radius 1 is 1.25 bits per heavy atom. The molecule has 9 heteroatoms. The number of aryl methyl sites for hydroxylation is 1. The second-order valence-electron chi connectivity index (χ2n) is 10.8. The van der Waals surface area contributed by atoms with Crippen molar-refractivity contribution in [1.82, 2.24) is 29.5 Å². The quantitative estimate of drug-likeness (QED) is 0.408. The maximum Gasteiger partial charge on any atom is 0.259 e. The Balaban J connectivity index is 1.30. The molecule has 0 spiro atoms. The van der Waals surface area contributed by atoms with Crippen molar-refractivity contribution in [3.63, 3.8) is 0 Å². The highest BCUT2D eigenvalue weighted by molar-refractivity contribution is 6.08. The average molecular weight is 488 g/mol. The van der Waals surface area contributed by atoms with Gasteiger partial charge in [0.1, 0.15) is 12.2 Å². The maximum atomic E-state index is 14.4. The van der Waals surface area contributed by atoms with Gasteiger partial charge >= 0.3 is 0 Å². The number of anilines is 1. The Labute approximate surface area is 209 Å². The normalized spacial score (nSPS) is 22.4. The Kier molecular flexibility index (Phi) is 5.22. The van der Waals surface area contributed by atoms with E-state index in [1.165, 1.54) is 4.40 Å². The molecule has 2 saturated carbocycles. The van der Waals surface area contributed by atoms with E-state index in [1.54, 1.807) is 18.6 Å². The molecule has 4 aromatic rings. The van der Waals surface area contributed by atoms with Crippen LogP contribution in [0.2, 0.25) is 0 Å². The van der Waals surface area contributed by atoms with Crippen LogP contribution in [0, 0.1) is 11.9 Å². The summed E-state index contributed by atoms with van der Waals surface area (Å²) in [5.41, 5.74) is 3.14. The number of carbonyl (C=O) groups excluding carboxylic acids is 1. The molecule has 2 aliphatic rings. The summed E-state index contributed by atoms with van der Waals surface area (Å²) < 4.78 is 17.8. The minimum Gasteiger partial charge on any atom is -0.322 e. The number of pyridine rings is 1. The zero-order chi connectivity index (χ0) is 25.1. The molecular weight excluding hydrogens is 457 g/mol. The van der Waals surface area contributed by atoms with Gasteiger partial charge in [0.2, 0.25) is 5.95 Å².